The molecule has 1 atom stereocenters. The van der Waals surface area contributed by atoms with Crippen molar-refractivity contribution >= 4 is 5.95 Å². The molecule has 4 rings (SSSR count). The minimum atomic E-state index is 0.140. The maximum Gasteiger partial charge on any atom is 0.245 e. The molecule has 1 aliphatic rings. The van der Waals surface area contributed by atoms with Gasteiger partial charge in [0.25, 0.3) is 0 Å². The third-order valence-corrected chi connectivity index (χ3v) is 4.62. The number of anilines is 1. The monoisotopic (exact) mass is 351 g/mol. The summed E-state index contributed by atoms with van der Waals surface area (Å²) in [6.45, 7) is 4.88. The van der Waals surface area contributed by atoms with Crippen molar-refractivity contribution in [3.63, 3.8) is 0 Å². The van der Waals surface area contributed by atoms with Crippen LogP contribution in [0.15, 0.2) is 36.8 Å². The van der Waals surface area contributed by atoms with Gasteiger partial charge < -0.3 is 15.3 Å². The second-order valence-corrected chi connectivity index (χ2v) is 6.35. The minimum Gasteiger partial charge on any atom is -0.507 e. The van der Waals surface area contributed by atoms with Gasteiger partial charge in [0.2, 0.25) is 5.95 Å². The second-order valence-electron chi connectivity index (χ2n) is 6.35. The molecule has 0 aliphatic carbocycles. The van der Waals surface area contributed by atoms with Crippen LogP contribution in [0.1, 0.15) is 13.3 Å². The number of H-pyrrole nitrogens is 1. The second kappa shape index (κ2) is 7.09. The predicted octanol–water partition coefficient (Wildman–Crippen LogP) is 1.82. The van der Waals surface area contributed by atoms with Crippen LogP contribution in [0.2, 0.25) is 0 Å². The van der Waals surface area contributed by atoms with E-state index in [-0.39, 0.29) is 5.75 Å². The first kappa shape index (κ1) is 16.5. The van der Waals surface area contributed by atoms with Crippen molar-refractivity contribution in [1.82, 2.24) is 30.7 Å². The van der Waals surface area contributed by atoms with Crippen molar-refractivity contribution < 1.29 is 5.11 Å². The highest BCUT2D eigenvalue weighted by molar-refractivity contribution is 5.73. The van der Waals surface area contributed by atoms with Crippen LogP contribution in [0.25, 0.3) is 22.4 Å². The van der Waals surface area contributed by atoms with Crippen molar-refractivity contribution in [3.8, 4) is 28.1 Å². The number of rotatable bonds is 5. The fourth-order valence-corrected chi connectivity index (χ4v) is 3.27. The number of aromatic nitrogens is 5. The molecule has 0 spiro atoms. The molecule has 8 heteroatoms. The Morgan fingerprint density at radius 2 is 2.19 bits per heavy atom. The molecule has 3 aromatic rings. The minimum absolute atomic E-state index is 0.140. The largest absolute Gasteiger partial charge is 0.507 e. The lowest BCUT2D eigenvalue weighted by atomic mass is 10.0. The summed E-state index contributed by atoms with van der Waals surface area (Å²) in [5, 5.41) is 29.0. The summed E-state index contributed by atoms with van der Waals surface area (Å²) in [6, 6.07) is 5.90. The van der Waals surface area contributed by atoms with Gasteiger partial charge in [0.15, 0.2) is 0 Å². The van der Waals surface area contributed by atoms with Crippen molar-refractivity contribution in [2.24, 2.45) is 0 Å². The fraction of sp³-hybridized carbons (Fsp3) is 0.333. The highest BCUT2D eigenvalue weighted by Crippen LogP contribution is 2.32. The molecule has 0 saturated carbocycles. The molecule has 0 amide bonds. The lowest BCUT2D eigenvalue weighted by molar-refractivity contribution is 0.477. The first-order valence-corrected chi connectivity index (χ1v) is 8.75. The third kappa shape index (κ3) is 3.23. The van der Waals surface area contributed by atoms with E-state index in [4.69, 9.17) is 0 Å². The van der Waals surface area contributed by atoms with Crippen molar-refractivity contribution in [3.05, 3.63) is 36.8 Å². The SMILES string of the molecule is CCNC1CCN(c2ncc(-c3ccc(-c4cn[nH]c4)cc3O)nn2)C1. The zero-order chi connectivity index (χ0) is 17.9. The number of likely N-dealkylation sites (N-methyl/N-ethyl adjacent to an activating group) is 1. The Labute approximate surface area is 151 Å². The van der Waals surface area contributed by atoms with Gasteiger partial charge >= 0.3 is 0 Å². The average Bonchev–Trinajstić information content (AvgIpc) is 3.34. The standard InChI is InChI=1S/C18H21N7O/c1-2-19-14-5-6-25(11-14)18-20-10-16(23-24-18)15-4-3-12(7-17(15)26)13-8-21-22-9-13/h3-4,7-10,14,19,26H,2,5-6,11H2,1H3,(H,21,22). The third-order valence-electron chi connectivity index (χ3n) is 4.62. The fourth-order valence-electron chi connectivity index (χ4n) is 3.27. The molecule has 3 N–H and O–H groups in total. The maximum atomic E-state index is 10.4. The van der Waals surface area contributed by atoms with Crippen molar-refractivity contribution in [2.45, 2.75) is 19.4 Å². The first-order chi connectivity index (χ1) is 12.7. The summed E-state index contributed by atoms with van der Waals surface area (Å²) in [6.07, 6.45) is 6.23. The highest BCUT2D eigenvalue weighted by atomic mass is 16.3. The normalized spacial score (nSPS) is 17.0. The first-order valence-electron chi connectivity index (χ1n) is 8.75. The van der Waals surface area contributed by atoms with Gasteiger partial charge in [-0.15, -0.1) is 10.2 Å². The number of aromatic hydroxyl groups is 1. The van der Waals surface area contributed by atoms with E-state index in [1.54, 1.807) is 24.7 Å². The van der Waals surface area contributed by atoms with Crippen LogP contribution in [-0.2, 0) is 0 Å². The average molecular weight is 351 g/mol. The number of hydrogen-bond donors (Lipinski definition) is 3. The zero-order valence-electron chi connectivity index (χ0n) is 14.6. The number of hydrogen-bond acceptors (Lipinski definition) is 7. The van der Waals surface area contributed by atoms with Gasteiger partial charge in [-0.2, -0.15) is 5.10 Å². The molecule has 0 bridgehead atoms. The lowest BCUT2D eigenvalue weighted by Gasteiger charge is -2.16. The Morgan fingerprint density at radius 1 is 1.27 bits per heavy atom. The van der Waals surface area contributed by atoms with Crippen LogP contribution in [-0.4, -0.2) is 56.2 Å². The Kier molecular flexibility index (Phi) is 4.49. The molecule has 1 aliphatic heterocycles. The van der Waals surface area contributed by atoms with E-state index in [1.165, 1.54) is 0 Å². The summed E-state index contributed by atoms with van der Waals surface area (Å²) in [5.41, 5.74) is 2.95. The number of aromatic amines is 1. The Balaban J connectivity index is 1.52. The number of phenolic OH excluding ortho intramolecular Hbond substituents is 1. The molecule has 8 nitrogen and oxygen atoms in total. The van der Waals surface area contributed by atoms with Crippen LogP contribution in [0.4, 0.5) is 5.95 Å². The van der Waals surface area contributed by atoms with Crippen LogP contribution in [0.3, 0.4) is 0 Å². The number of nitrogens with zero attached hydrogens (tertiary/aromatic N) is 5. The summed E-state index contributed by atoms with van der Waals surface area (Å²) >= 11 is 0. The zero-order valence-corrected chi connectivity index (χ0v) is 14.6. The molecule has 3 heterocycles. The van der Waals surface area contributed by atoms with Gasteiger partial charge in [-0.1, -0.05) is 13.0 Å². The molecule has 1 fully saturated rings. The summed E-state index contributed by atoms with van der Waals surface area (Å²) in [5.74, 6) is 0.768. The van der Waals surface area contributed by atoms with Gasteiger partial charge in [-0.25, -0.2) is 4.98 Å². The Hall–Kier alpha value is -3.00. The molecule has 1 unspecified atom stereocenters. The smallest absolute Gasteiger partial charge is 0.245 e. The number of nitrogens with one attached hydrogen (secondary N) is 2. The van der Waals surface area contributed by atoms with Gasteiger partial charge in [-0.05, 0) is 30.7 Å². The molecule has 1 saturated heterocycles. The Morgan fingerprint density at radius 3 is 2.88 bits per heavy atom. The van der Waals surface area contributed by atoms with E-state index in [2.05, 4.69) is 42.5 Å². The van der Waals surface area contributed by atoms with Crippen LogP contribution >= 0.6 is 0 Å². The maximum absolute atomic E-state index is 10.4. The number of phenols is 1. The molecule has 134 valence electrons. The lowest BCUT2D eigenvalue weighted by Crippen LogP contribution is -2.32. The topological polar surface area (TPSA) is 103 Å². The van der Waals surface area contributed by atoms with Gasteiger partial charge in [-0.3, -0.25) is 5.10 Å². The van der Waals surface area contributed by atoms with Gasteiger partial charge in [0.05, 0.1) is 12.4 Å². The van der Waals surface area contributed by atoms with Crippen LogP contribution in [0, 0.1) is 0 Å². The summed E-state index contributed by atoms with van der Waals surface area (Å²) in [4.78, 5) is 6.57. The summed E-state index contributed by atoms with van der Waals surface area (Å²) in [7, 11) is 0. The van der Waals surface area contributed by atoms with Crippen LogP contribution < -0.4 is 10.2 Å². The molecule has 2 aromatic heterocycles. The van der Waals surface area contributed by atoms with E-state index in [0.717, 1.165) is 37.2 Å². The highest BCUT2D eigenvalue weighted by Gasteiger charge is 2.24. The molecular weight excluding hydrogens is 330 g/mol. The quantitative estimate of drug-likeness (QED) is 0.644. The Bertz CT molecular complexity index is 864. The molecule has 1 aromatic carbocycles. The van der Waals surface area contributed by atoms with Crippen molar-refractivity contribution in [2.75, 3.05) is 24.5 Å². The predicted molar refractivity (Wildman–Crippen MR) is 98.8 cm³/mol. The molecule has 0 radical (unpaired) electrons. The van der Waals surface area contributed by atoms with Crippen LogP contribution in [0.5, 0.6) is 5.75 Å². The van der Waals surface area contributed by atoms with E-state index < -0.39 is 0 Å². The van der Waals surface area contributed by atoms with E-state index in [1.807, 2.05) is 12.1 Å². The summed E-state index contributed by atoms with van der Waals surface area (Å²) < 4.78 is 0. The molecule has 26 heavy (non-hydrogen) atoms. The van der Waals surface area contributed by atoms with Gasteiger partial charge in [0, 0.05) is 36.5 Å². The number of benzene rings is 1. The van der Waals surface area contributed by atoms with Crippen molar-refractivity contribution in [1.29, 1.82) is 0 Å². The van der Waals surface area contributed by atoms with E-state index in [0.29, 0.717) is 23.2 Å². The van der Waals surface area contributed by atoms with Gasteiger partial charge in [0.1, 0.15) is 11.4 Å². The molecular formula is C18H21N7O. The van der Waals surface area contributed by atoms with E-state index in [9.17, 15) is 5.11 Å². The van der Waals surface area contributed by atoms with E-state index >= 15 is 0 Å².